The highest BCUT2D eigenvalue weighted by atomic mass is 35.5. The van der Waals surface area contributed by atoms with Crippen molar-refractivity contribution in [2.24, 2.45) is 5.92 Å². The first kappa shape index (κ1) is 17.2. The monoisotopic (exact) mass is 289 g/mol. The topological polar surface area (TPSA) is 29.9 Å². The molecule has 5 heteroatoms. The summed E-state index contributed by atoms with van der Waals surface area (Å²) in [5.74, 6) is 1.76. The van der Waals surface area contributed by atoms with E-state index in [-0.39, 0.29) is 24.8 Å². The Balaban J connectivity index is 0.00000144. The average molecular weight is 290 g/mol. The average Bonchev–Trinajstić information content (AvgIpc) is 2.57. The first-order valence-electron chi connectivity index (χ1n) is 5.81. The zero-order chi connectivity index (χ0) is 11.5. The van der Waals surface area contributed by atoms with Crippen molar-refractivity contribution in [3.8, 4) is 0 Å². The minimum Gasteiger partial charge on any atom is -0.327 e. The van der Waals surface area contributed by atoms with E-state index in [4.69, 9.17) is 0 Å². The molecule has 1 aromatic carbocycles. The summed E-state index contributed by atoms with van der Waals surface area (Å²) in [6, 6.07) is 8.33. The normalized spacial score (nSPS) is 10.2. The van der Waals surface area contributed by atoms with E-state index < -0.39 is 0 Å². The molecule has 2 aromatic rings. The van der Waals surface area contributed by atoms with Gasteiger partial charge in [-0.05, 0) is 25.1 Å². The molecule has 0 atom stereocenters. The van der Waals surface area contributed by atoms with Gasteiger partial charge in [0.1, 0.15) is 5.82 Å². The standard InChI is InChI=1S/C13H19N3.2ClH/c1-10(2)9-16-12-7-5-4-6-11(12)15-13(16)8-14-3;;/h4-7,10,14H,8-9H2,1-3H3;2*1H. The van der Waals surface area contributed by atoms with Crippen LogP contribution in [-0.4, -0.2) is 16.6 Å². The van der Waals surface area contributed by atoms with E-state index in [1.54, 1.807) is 0 Å². The number of rotatable bonds is 4. The lowest BCUT2D eigenvalue weighted by molar-refractivity contribution is 0.511. The molecule has 0 aliphatic rings. The predicted molar refractivity (Wildman–Crippen MR) is 81.8 cm³/mol. The van der Waals surface area contributed by atoms with Gasteiger partial charge in [-0.2, -0.15) is 0 Å². The molecule has 0 aliphatic heterocycles. The third-order valence-electron chi connectivity index (χ3n) is 2.62. The third-order valence-corrected chi connectivity index (χ3v) is 2.62. The van der Waals surface area contributed by atoms with E-state index in [2.05, 4.69) is 46.9 Å². The summed E-state index contributed by atoms with van der Waals surface area (Å²) in [6.45, 7) is 6.31. The zero-order valence-electron chi connectivity index (χ0n) is 11.0. The lowest BCUT2D eigenvalue weighted by Crippen LogP contribution is -2.14. The fraction of sp³-hybridized carbons (Fsp3) is 0.462. The molecule has 0 radical (unpaired) electrons. The second kappa shape index (κ2) is 7.62. The third kappa shape index (κ3) is 3.61. The van der Waals surface area contributed by atoms with Crippen molar-refractivity contribution >= 4 is 35.8 Å². The maximum Gasteiger partial charge on any atom is 0.123 e. The molecule has 0 saturated heterocycles. The highest BCUT2D eigenvalue weighted by molar-refractivity contribution is 5.85. The van der Waals surface area contributed by atoms with Gasteiger partial charge in [0.25, 0.3) is 0 Å². The molecule has 0 unspecified atom stereocenters. The molecule has 0 spiro atoms. The second-order valence-electron chi connectivity index (χ2n) is 4.55. The van der Waals surface area contributed by atoms with Gasteiger partial charge >= 0.3 is 0 Å². The molecule has 102 valence electrons. The Labute approximate surface area is 121 Å². The number of halogens is 2. The largest absolute Gasteiger partial charge is 0.327 e. The van der Waals surface area contributed by atoms with Gasteiger partial charge in [0, 0.05) is 6.54 Å². The Morgan fingerprint density at radius 3 is 2.50 bits per heavy atom. The van der Waals surface area contributed by atoms with Crippen LogP contribution in [-0.2, 0) is 13.1 Å². The summed E-state index contributed by atoms with van der Waals surface area (Å²) in [7, 11) is 1.96. The van der Waals surface area contributed by atoms with Crippen LogP contribution in [0.1, 0.15) is 19.7 Å². The van der Waals surface area contributed by atoms with Gasteiger partial charge in [0.15, 0.2) is 0 Å². The van der Waals surface area contributed by atoms with Crippen molar-refractivity contribution in [2.45, 2.75) is 26.9 Å². The van der Waals surface area contributed by atoms with Crippen molar-refractivity contribution in [2.75, 3.05) is 7.05 Å². The number of imidazole rings is 1. The predicted octanol–water partition coefficient (Wildman–Crippen LogP) is 3.26. The molecule has 0 fully saturated rings. The SMILES string of the molecule is CNCc1nc2ccccc2n1CC(C)C.Cl.Cl. The van der Waals surface area contributed by atoms with Gasteiger partial charge in [0.05, 0.1) is 17.6 Å². The van der Waals surface area contributed by atoms with Crippen LogP contribution in [0.4, 0.5) is 0 Å². The van der Waals surface area contributed by atoms with Crippen molar-refractivity contribution < 1.29 is 0 Å². The summed E-state index contributed by atoms with van der Waals surface area (Å²) in [5, 5.41) is 3.18. The highest BCUT2D eigenvalue weighted by Crippen LogP contribution is 2.17. The fourth-order valence-electron chi connectivity index (χ4n) is 1.99. The van der Waals surface area contributed by atoms with Crippen LogP contribution in [0.25, 0.3) is 11.0 Å². The molecule has 18 heavy (non-hydrogen) atoms. The molecule has 0 aliphatic carbocycles. The Morgan fingerprint density at radius 2 is 1.89 bits per heavy atom. The molecular weight excluding hydrogens is 269 g/mol. The Hall–Kier alpha value is -0.770. The molecule has 1 heterocycles. The molecule has 3 nitrogen and oxygen atoms in total. The highest BCUT2D eigenvalue weighted by Gasteiger charge is 2.10. The minimum atomic E-state index is 0. The molecular formula is C13H21Cl2N3. The van der Waals surface area contributed by atoms with Crippen molar-refractivity contribution in [3.05, 3.63) is 30.1 Å². The van der Waals surface area contributed by atoms with Gasteiger partial charge < -0.3 is 9.88 Å². The summed E-state index contributed by atoms with van der Waals surface area (Å²) in [5.41, 5.74) is 2.33. The number of hydrogen-bond donors (Lipinski definition) is 1. The zero-order valence-corrected chi connectivity index (χ0v) is 12.6. The molecule has 2 rings (SSSR count). The maximum atomic E-state index is 4.66. The van der Waals surface area contributed by atoms with Gasteiger partial charge in [-0.15, -0.1) is 24.8 Å². The van der Waals surface area contributed by atoms with Crippen molar-refractivity contribution in [1.82, 2.24) is 14.9 Å². The molecule has 1 aromatic heterocycles. The first-order chi connectivity index (χ1) is 7.72. The molecule has 0 saturated carbocycles. The quantitative estimate of drug-likeness (QED) is 0.936. The Bertz CT molecular complexity index is 480. The van der Waals surface area contributed by atoms with Crippen LogP contribution < -0.4 is 5.32 Å². The number of aromatic nitrogens is 2. The van der Waals surface area contributed by atoms with E-state index in [0.717, 1.165) is 24.4 Å². The van der Waals surface area contributed by atoms with Gasteiger partial charge in [-0.3, -0.25) is 0 Å². The van der Waals surface area contributed by atoms with Crippen LogP contribution in [0.3, 0.4) is 0 Å². The van der Waals surface area contributed by atoms with Crippen LogP contribution in [0, 0.1) is 5.92 Å². The van der Waals surface area contributed by atoms with Crippen LogP contribution in [0.5, 0.6) is 0 Å². The number of para-hydroxylation sites is 2. The second-order valence-corrected chi connectivity index (χ2v) is 4.55. The van der Waals surface area contributed by atoms with E-state index in [9.17, 15) is 0 Å². The van der Waals surface area contributed by atoms with E-state index in [1.165, 1.54) is 5.52 Å². The summed E-state index contributed by atoms with van der Waals surface area (Å²) >= 11 is 0. The number of nitrogens with one attached hydrogen (secondary N) is 1. The fourth-order valence-corrected chi connectivity index (χ4v) is 1.99. The Morgan fingerprint density at radius 1 is 1.22 bits per heavy atom. The summed E-state index contributed by atoms with van der Waals surface area (Å²) in [4.78, 5) is 4.66. The molecule has 0 bridgehead atoms. The van der Waals surface area contributed by atoms with Gasteiger partial charge in [-0.1, -0.05) is 26.0 Å². The number of hydrogen-bond acceptors (Lipinski definition) is 2. The van der Waals surface area contributed by atoms with Crippen LogP contribution in [0.2, 0.25) is 0 Å². The smallest absolute Gasteiger partial charge is 0.123 e. The first-order valence-corrected chi connectivity index (χ1v) is 5.81. The lowest BCUT2D eigenvalue weighted by atomic mass is 10.2. The van der Waals surface area contributed by atoms with Crippen molar-refractivity contribution in [1.29, 1.82) is 0 Å². The number of nitrogens with zero attached hydrogens (tertiary/aromatic N) is 2. The van der Waals surface area contributed by atoms with Crippen LogP contribution in [0.15, 0.2) is 24.3 Å². The lowest BCUT2D eigenvalue weighted by Gasteiger charge is -2.11. The minimum absolute atomic E-state index is 0. The number of benzene rings is 1. The summed E-state index contributed by atoms with van der Waals surface area (Å²) in [6.07, 6.45) is 0. The molecule has 1 N–H and O–H groups in total. The Kier molecular flexibility index (Phi) is 7.29. The van der Waals surface area contributed by atoms with Gasteiger partial charge in [0.2, 0.25) is 0 Å². The van der Waals surface area contributed by atoms with E-state index >= 15 is 0 Å². The maximum absolute atomic E-state index is 4.66. The van der Waals surface area contributed by atoms with Crippen LogP contribution >= 0.6 is 24.8 Å². The van der Waals surface area contributed by atoms with E-state index in [0.29, 0.717) is 5.92 Å². The van der Waals surface area contributed by atoms with Gasteiger partial charge in [-0.25, -0.2) is 4.98 Å². The number of fused-ring (bicyclic) bond motifs is 1. The van der Waals surface area contributed by atoms with Crippen molar-refractivity contribution in [3.63, 3.8) is 0 Å². The summed E-state index contributed by atoms with van der Waals surface area (Å²) < 4.78 is 2.32. The van der Waals surface area contributed by atoms with E-state index in [1.807, 2.05) is 13.1 Å². The molecule has 0 amide bonds.